The second-order valence-corrected chi connectivity index (χ2v) is 19.4. The Kier molecular flexibility index (Phi) is 7.51. The van der Waals surface area contributed by atoms with E-state index in [9.17, 15) is 0 Å². The summed E-state index contributed by atoms with van der Waals surface area (Å²) in [5, 5.41) is 2.54. The van der Waals surface area contributed by atoms with E-state index in [0.717, 1.165) is 17.1 Å². The maximum absolute atomic E-state index is 2.58. The first-order valence-corrected chi connectivity index (χ1v) is 24.5. The van der Waals surface area contributed by atoms with Crippen molar-refractivity contribution < 1.29 is 0 Å². The molecule has 2 spiro atoms. The lowest BCUT2D eigenvalue weighted by Crippen LogP contribution is -2.33. The van der Waals surface area contributed by atoms with Crippen LogP contribution in [-0.4, -0.2) is 4.57 Å². The molecule has 324 valence electrons. The van der Waals surface area contributed by atoms with Gasteiger partial charge in [0.2, 0.25) is 0 Å². The molecule has 12 aromatic rings. The van der Waals surface area contributed by atoms with E-state index < -0.39 is 10.8 Å². The molecule has 70 heavy (non-hydrogen) atoms. The zero-order chi connectivity index (χ0) is 45.7. The van der Waals surface area contributed by atoms with Gasteiger partial charge in [-0.15, -0.1) is 0 Å². The van der Waals surface area contributed by atoms with Gasteiger partial charge in [0.25, 0.3) is 0 Å². The summed E-state index contributed by atoms with van der Waals surface area (Å²) in [4.78, 5) is 2.56. The van der Waals surface area contributed by atoms with Gasteiger partial charge in [-0.05, 0) is 120 Å². The Bertz CT molecular complexity index is 4120. The summed E-state index contributed by atoms with van der Waals surface area (Å²) in [6.45, 7) is 0. The van der Waals surface area contributed by atoms with Crippen molar-refractivity contribution in [3.05, 3.63) is 299 Å². The van der Waals surface area contributed by atoms with Crippen molar-refractivity contribution in [3.8, 4) is 50.2 Å². The van der Waals surface area contributed by atoms with Crippen LogP contribution in [0, 0.1) is 0 Å². The molecule has 1 aliphatic heterocycles. The third-order valence-electron chi connectivity index (χ3n) is 16.4. The van der Waals surface area contributed by atoms with Gasteiger partial charge in [-0.2, -0.15) is 0 Å². The normalized spacial score (nSPS) is 14.2. The van der Waals surface area contributed by atoms with Crippen LogP contribution in [0.15, 0.2) is 255 Å². The van der Waals surface area contributed by atoms with Gasteiger partial charge in [0.15, 0.2) is 0 Å². The Labute approximate surface area is 406 Å². The Morgan fingerprint density at radius 1 is 0.300 bits per heavy atom. The van der Waals surface area contributed by atoms with Gasteiger partial charge >= 0.3 is 0 Å². The first kappa shape index (κ1) is 38.0. The molecule has 2 nitrogen and oxygen atoms in total. The molecule has 0 fully saturated rings. The fourth-order valence-electron chi connectivity index (χ4n) is 13.9. The van der Waals surface area contributed by atoms with Crippen molar-refractivity contribution in [1.82, 2.24) is 4.57 Å². The molecule has 0 saturated carbocycles. The van der Waals surface area contributed by atoms with E-state index in [1.54, 1.807) is 0 Å². The molecule has 0 atom stereocenters. The molecule has 0 bridgehead atoms. The highest BCUT2D eigenvalue weighted by Crippen LogP contribution is 2.66. The molecule has 11 aromatic carbocycles. The van der Waals surface area contributed by atoms with E-state index in [1.807, 2.05) is 0 Å². The minimum absolute atomic E-state index is 0.475. The minimum atomic E-state index is -0.536. The van der Waals surface area contributed by atoms with E-state index in [2.05, 4.69) is 264 Å². The van der Waals surface area contributed by atoms with Crippen LogP contribution in [0.25, 0.3) is 72.0 Å². The van der Waals surface area contributed by atoms with Crippen molar-refractivity contribution in [1.29, 1.82) is 0 Å². The van der Waals surface area contributed by atoms with Gasteiger partial charge in [0.1, 0.15) is 0 Å². The van der Waals surface area contributed by atoms with Gasteiger partial charge in [0.05, 0.1) is 33.2 Å². The summed E-state index contributed by atoms with van der Waals surface area (Å²) in [6, 6.07) is 96.1. The first-order chi connectivity index (χ1) is 34.8. The Morgan fingerprint density at radius 2 is 0.771 bits per heavy atom. The lowest BCUT2D eigenvalue weighted by Gasteiger charge is -2.40. The maximum Gasteiger partial charge on any atom is 0.0754 e. The van der Waals surface area contributed by atoms with Crippen LogP contribution in [0.3, 0.4) is 0 Å². The number of nitrogens with zero attached hydrogens (tertiary/aromatic N) is 2. The predicted molar refractivity (Wildman–Crippen MR) is 288 cm³/mol. The average molecular weight is 887 g/mol. The van der Waals surface area contributed by atoms with Crippen LogP contribution in [0.5, 0.6) is 0 Å². The molecule has 2 heteroatoms. The van der Waals surface area contributed by atoms with Crippen molar-refractivity contribution >= 4 is 38.9 Å². The van der Waals surface area contributed by atoms with Crippen LogP contribution in [0.1, 0.15) is 44.5 Å². The molecular formula is C68H42N2. The zero-order valence-electron chi connectivity index (χ0n) is 38.1. The number of hydrogen-bond acceptors (Lipinski definition) is 1. The van der Waals surface area contributed by atoms with E-state index in [0.29, 0.717) is 0 Å². The Morgan fingerprint density at radius 3 is 1.44 bits per heavy atom. The van der Waals surface area contributed by atoms with Gasteiger partial charge in [-0.25, -0.2) is 0 Å². The zero-order valence-corrected chi connectivity index (χ0v) is 38.1. The second-order valence-electron chi connectivity index (χ2n) is 19.4. The molecule has 1 aromatic heterocycles. The molecule has 4 aliphatic rings. The van der Waals surface area contributed by atoms with E-state index in [1.165, 1.54) is 117 Å². The smallest absolute Gasteiger partial charge is 0.0754 e. The monoisotopic (exact) mass is 886 g/mol. The van der Waals surface area contributed by atoms with Crippen LogP contribution >= 0.6 is 0 Å². The average Bonchev–Trinajstić information content (AvgIpc) is 4.13. The molecule has 0 radical (unpaired) electrons. The van der Waals surface area contributed by atoms with Gasteiger partial charge < -0.3 is 9.47 Å². The van der Waals surface area contributed by atoms with Crippen molar-refractivity contribution in [2.75, 3.05) is 4.90 Å². The standard InChI is InChI=1S/C68H42N2/c1-2-19-43(20-3-1)44-21-16-22-45(41-44)69(63-38-18-35-60-65(63)53-28-8-14-34-58(53)67(60)54-30-10-4-23-47(54)48-24-5-11-31-55(48)67)46-39-40-59-64(42-46)70-62-37-15-9-27-51(62)52-29-17-36-61(66(52)70)68(59)56-32-12-6-25-49(56)50-26-7-13-33-57(50)68/h1-42H. The molecular weight excluding hydrogens is 845 g/mol. The fraction of sp³-hybridized carbons (Fsp3) is 0.0294. The molecule has 0 N–H and O–H groups in total. The van der Waals surface area contributed by atoms with Crippen LogP contribution in [0.2, 0.25) is 0 Å². The highest BCUT2D eigenvalue weighted by molar-refractivity contribution is 6.13. The van der Waals surface area contributed by atoms with Gasteiger partial charge in [0, 0.05) is 27.7 Å². The lowest BCUT2D eigenvalue weighted by atomic mass is 9.65. The fourth-order valence-corrected chi connectivity index (χ4v) is 13.9. The number of anilines is 3. The Balaban J connectivity index is 1.03. The van der Waals surface area contributed by atoms with Crippen LogP contribution in [-0.2, 0) is 10.8 Å². The number of para-hydroxylation sites is 2. The predicted octanol–water partition coefficient (Wildman–Crippen LogP) is 16.9. The van der Waals surface area contributed by atoms with E-state index in [-0.39, 0.29) is 0 Å². The number of aromatic nitrogens is 1. The number of fused-ring (bicyclic) bond motifs is 22. The summed E-state index contributed by atoms with van der Waals surface area (Å²) >= 11 is 0. The number of rotatable bonds is 4. The molecule has 0 amide bonds. The van der Waals surface area contributed by atoms with Crippen LogP contribution in [0.4, 0.5) is 17.1 Å². The molecule has 0 unspecified atom stereocenters. The molecule has 3 aliphatic carbocycles. The summed E-state index contributed by atoms with van der Waals surface area (Å²) in [5.74, 6) is 0. The third-order valence-corrected chi connectivity index (χ3v) is 16.4. The molecule has 16 rings (SSSR count). The van der Waals surface area contributed by atoms with Crippen molar-refractivity contribution in [2.45, 2.75) is 10.8 Å². The summed E-state index contributed by atoms with van der Waals surface area (Å²) in [5.41, 5.74) is 26.8. The largest absolute Gasteiger partial charge is 0.310 e. The van der Waals surface area contributed by atoms with Crippen molar-refractivity contribution in [2.24, 2.45) is 0 Å². The van der Waals surface area contributed by atoms with E-state index in [4.69, 9.17) is 0 Å². The molecule has 2 heterocycles. The first-order valence-electron chi connectivity index (χ1n) is 24.5. The maximum atomic E-state index is 2.58. The van der Waals surface area contributed by atoms with Crippen LogP contribution < -0.4 is 4.90 Å². The summed E-state index contributed by atoms with van der Waals surface area (Å²) in [6.07, 6.45) is 0. The van der Waals surface area contributed by atoms with Gasteiger partial charge in [-0.3, -0.25) is 0 Å². The minimum Gasteiger partial charge on any atom is -0.310 e. The second kappa shape index (κ2) is 13.8. The number of benzene rings is 11. The topological polar surface area (TPSA) is 8.17 Å². The molecule has 0 saturated heterocycles. The summed E-state index contributed by atoms with van der Waals surface area (Å²) in [7, 11) is 0. The lowest BCUT2D eigenvalue weighted by molar-refractivity contribution is 0.748. The third kappa shape index (κ3) is 4.59. The van der Waals surface area contributed by atoms with Crippen molar-refractivity contribution in [3.63, 3.8) is 0 Å². The number of hydrogen-bond donors (Lipinski definition) is 0. The SMILES string of the molecule is c1ccc(-c2cccc(N(c3ccc4c(c3)-n3c5ccccc5c5cccc(c53)C43c4ccccc4-c4ccccc43)c3cccc4c3-c3ccccc3C43c4ccccc4-c4ccccc43)c2)cc1. The quantitative estimate of drug-likeness (QED) is 0.171. The highest BCUT2D eigenvalue weighted by Gasteiger charge is 2.53. The Hall–Kier alpha value is -8.98. The van der Waals surface area contributed by atoms with Gasteiger partial charge in [-0.1, -0.05) is 218 Å². The van der Waals surface area contributed by atoms with E-state index >= 15 is 0 Å². The summed E-state index contributed by atoms with van der Waals surface area (Å²) < 4.78 is 2.58. The highest BCUT2D eigenvalue weighted by atomic mass is 15.2.